The first kappa shape index (κ1) is 24.7. The lowest BCUT2D eigenvalue weighted by Crippen LogP contribution is -2.03. The molecule has 1 nitrogen and oxygen atoms in total. The molecule has 0 bridgehead atoms. The van der Waals surface area contributed by atoms with Gasteiger partial charge in [-0.15, -0.1) is 0 Å². The van der Waals surface area contributed by atoms with Crippen molar-refractivity contribution in [3.05, 3.63) is 163 Å². The molecular formula is C44H29N. The van der Waals surface area contributed by atoms with E-state index in [1.165, 1.54) is 93.2 Å². The molecule has 0 aliphatic heterocycles. The van der Waals surface area contributed by atoms with Crippen molar-refractivity contribution >= 4 is 54.1 Å². The van der Waals surface area contributed by atoms with Gasteiger partial charge in [0.2, 0.25) is 0 Å². The first-order valence-electron chi connectivity index (χ1n) is 15.9. The molecule has 0 N–H and O–H groups in total. The van der Waals surface area contributed by atoms with Crippen LogP contribution < -0.4 is 0 Å². The van der Waals surface area contributed by atoms with E-state index >= 15 is 0 Å². The van der Waals surface area contributed by atoms with Gasteiger partial charge in [-0.2, -0.15) is 0 Å². The molecular weight excluding hydrogens is 542 g/mol. The zero-order valence-electron chi connectivity index (χ0n) is 24.8. The lowest BCUT2D eigenvalue weighted by molar-refractivity contribution is 0.942. The average molecular weight is 572 g/mol. The molecule has 0 spiro atoms. The third kappa shape index (κ3) is 3.62. The number of hydrogen-bond acceptors (Lipinski definition) is 0. The fraction of sp³-hybridized carbons (Fsp3) is 0.0455. The van der Waals surface area contributed by atoms with E-state index in [0.29, 0.717) is 0 Å². The van der Waals surface area contributed by atoms with Crippen molar-refractivity contribution in [3.63, 3.8) is 0 Å². The fourth-order valence-corrected chi connectivity index (χ4v) is 7.98. The van der Waals surface area contributed by atoms with Crippen LogP contribution in [0.2, 0.25) is 0 Å². The van der Waals surface area contributed by atoms with Gasteiger partial charge in [0.15, 0.2) is 0 Å². The van der Waals surface area contributed by atoms with Gasteiger partial charge in [-0.25, -0.2) is 0 Å². The van der Waals surface area contributed by atoms with Gasteiger partial charge in [-0.05, 0) is 109 Å². The Morgan fingerprint density at radius 3 is 1.69 bits per heavy atom. The van der Waals surface area contributed by atoms with Crippen molar-refractivity contribution in [1.29, 1.82) is 0 Å². The van der Waals surface area contributed by atoms with Crippen molar-refractivity contribution < 1.29 is 0 Å². The third-order valence-corrected chi connectivity index (χ3v) is 10.1. The SMILES string of the molecule is c1ccc2c(c1)CCc1cc(-c3ccc4c(c3)c3ccccc3n4-c3ccc4c5ccccc5c5ccccc5c4c3)ccc1-2. The van der Waals surface area contributed by atoms with Crippen molar-refractivity contribution in [2.75, 3.05) is 0 Å². The normalized spacial score (nSPS) is 12.7. The summed E-state index contributed by atoms with van der Waals surface area (Å²) in [7, 11) is 0. The number of rotatable bonds is 2. The Bertz CT molecular complexity index is 2620. The highest BCUT2D eigenvalue weighted by Gasteiger charge is 2.18. The molecule has 0 fully saturated rings. The summed E-state index contributed by atoms with van der Waals surface area (Å²) >= 11 is 0. The second kappa shape index (κ2) is 9.42. The second-order valence-corrected chi connectivity index (χ2v) is 12.4. The monoisotopic (exact) mass is 571 g/mol. The lowest BCUT2D eigenvalue weighted by Gasteiger charge is -2.20. The van der Waals surface area contributed by atoms with Crippen LogP contribution in [-0.2, 0) is 12.8 Å². The number of para-hydroxylation sites is 1. The molecule has 45 heavy (non-hydrogen) atoms. The Kier molecular flexibility index (Phi) is 5.18. The Hall–Kier alpha value is -5.66. The first-order valence-corrected chi connectivity index (χ1v) is 15.9. The highest BCUT2D eigenvalue weighted by Crippen LogP contribution is 2.40. The predicted molar refractivity (Wildman–Crippen MR) is 192 cm³/mol. The van der Waals surface area contributed by atoms with Crippen LogP contribution in [0.5, 0.6) is 0 Å². The highest BCUT2D eigenvalue weighted by molar-refractivity contribution is 6.25. The summed E-state index contributed by atoms with van der Waals surface area (Å²) < 4.78 is 2.45. The van der Waals surface area contributed by atoms with Crippen LogP contribution in [0.3, 0.4) is 0 Å². The minimum Gasteiger partial charge on any atom is -0.309 e. The van der Waals surface area contributed by atoms with Gasteiger partial charge < -0.3 is 4.57 Å². The molecule has 0 radical (unpaired) electrons. The molecule has 0 unspecified atom stereocenters. The average Bonchev–Trinajstić information content (AvgIpc) is 3.45. The summed E-state index contributed by atoms with van der Waals surface area (Å²) in [5, 5.41) is 10.4. The van der Waals surface area contributed by atoms with Gasteiger partial charge in [0.25, 0.3) is 0 Å². The Morgan fingerprint density at radius 2 is 0.889 bits per heavy atom. The fourth-order valence-electron chi connectivity index (χ4n) is 7.98. The van der Waals surface area contributed by atoms with Crippen LogP contribution in [0, 0.1) is 0 Å². The third-order valence-electron chi connectivity index (χ3n) is 10.1. The van der Waals surface area contributed by atoms with E-state index in [1.54, 1.807) is 0 Å². The molecule has 0 saturated heterocycles. The van der Waals surface area contributed by atoms with Crippen LogP contribution in [0.15, 0.2) is 152 Å². The standard InChI is InChI=1S/C44H29N/c1-2-10-33-28(9-1)17-18-31-25-29(19-22-34(31)33)30-20-24-44-42(26-30)40-15-7-8-16-43(40)45(44)32-21-23-39-37-13-4-3-11-35(37)36-12-5-6-14-38(36)41(39)27-32/h1-16,19-27H,17-18H2. The number of aryl methyl sites for hydroxylation is 2. The maximum atomic E-state index is 2.45. The largest absolute Gasteiger partial charge is 0.309 e. The molecule has 0 amide bonds. The molecule has 10 rings (SSSR count). The molecule has 0 saturated carbocycles. The maximum Gasteiger partial charge on any atom is 0.0541 e. The summed E-state index contributed by atoms with van der Waals surface area (Å²) in [4.78, 5) is 0. The van der Waals surface area contributed by atoms with E-state index in [9.17, 15) is 0 Å². The van der Waals surface area contributed by atoms with Crippen molar-refractivity contribution in [2.45, 2.75) is 12.8 Å². The Morgan fingerprint density at radius 1 is 0.333 bits per heavy atom. The second-order valence-electron chi connectivity index (χ2n) is 12.4. The van der Waals surface area contributed by atoms with Crippen LogP contribution >= 0.6 is 0 Å². The number of nitrogens with zero attached hydrogens (tertiary/aromatic N) is 1. The van der Waals surface area contributed by atoms with E-state index in [4.69, 9.17) is 0 Å². The molecule has 1 aliphatic carbocycles. The van der Waals surface area contributed by atoms with Gasteiger partial charge in [0.05, 0.1) is 11.0 Å². The maximum absolute atomic E-state index is 2.45. The Labute approximate surface area is 261 Å². The number of hydrogen-bond donors (Lipinski definition) is 0. The van der Waals surface area contributed by atoms with Crippen LogP contribution in [0.1, 0.15) is 11.1 Å². The molecule has 1 aliphatic rings. The van der Waals surface area contributed by atoms with E-state index in [1.807, 2.05) is 0 Å². The lowest BCUT2D eigenvalue weighted by atomic mass is 9.84. The van der Waals surface area contributed by atoms with Crippen molar-refractivity contribution in [3.8, 4) is 27.9 Å². The Balaban J connectivity index is 1.17. The van der Waals surface area contributed by atoms with Gasteiger partial charge in [-0.3, -0.25) is 0 Å². The number of benzene rings is 8. The van der Waals surface area contributed by atoms with E-state index < -0.39 is 0 Å². The minimum absolute atomic E-state index is 1.09. The van der Waals surface area contributed by atoms with Gasteiger partial charge in [0, 0.05) is 16.5 Å². The van der Waals surface area contributed by atoms with E-state index in [0.717, 1.165) is 12.8 Å². The zero-order chi connectivity index (χ0) is 29.5. The number of aromatic nitrogens is 1. The summed E-state index contributed by atoms with van der Waals surface area (Å²) in [6.07, 6.45) is 2.20. The van der Waals surface area contributed by atoms with Gasteiger partial charge in [0.1, 0.15) is 0 Å². The summed E-state index contributed by atoms with van der Waals surface area (Å²) in [6, 6.07) is 56.4. The highest BCUT2D eigenvalue weighted by atomic mass is 15.0. The molecule has 1 heterocycles. The summed E-state index contributed by atoms with van der Waals surface area (Å²) in [6.45, 7) is 0. The molecule has 8 aromatic carbocycles. The topological polar surface area (TPSA) is 4.93 Å². The summed E-state index contributed by atoms with van der Waals surface area (Å²) in [5.41, 5.74) is 11.9. The quantitative estimate of drug-likeness (QED) is 0.182. The predicted octanol–water partition coefficient (Wildman–Crippen LogP) is 11.7. The zero-order valence-corrected chi connectivity index (χ0v) is 24.8. The van der Waals surface area contributed by atoms with Crippen molar-refractivity contribution in [2.24, 2.45) is 0 Å². The molecule has 210 valence electrons. The summed E-state index contributed by atoms with van der Waals surface area (Å²) in [5.74, 6) is 0. The molecule has 9 aromatic rings. The minimum atomic E-state index is 1.09. The van der Waals surface area contributed by atoms with Gasteiger partial charge >= 0.3 is 0 Å². The first-order chi connectivity index (χ1) is 22.3. The van der Waals surface area contributed by atoms with Crippen LogP contribution in [-0.4, -0.2) is 4.57 Å². The van der Waals surface area contributed by atoms with Crippen molar-refractivity contribution in [1.82, 2.24) is 4.57 Å². The van der Waals surface area contributed by atoms with E-state index in [-0.39, 0.29) is 0 Å². The molecule has 1 heteroatoms. The van der Waals surface area contributed by atoms with E-state index in [2.05, 4.69) is 156 Å². The smallest absolute Gasteiger partial charge is 0.0541 e. The molecule has 1 aromatic heterocycles. The van der Waals surface area contributed by atoms with Crippen LogP contribution in [0.25, 0.3) is 82.1 Å². The van der Waals surface area contributed by atoms with Gasteiger partial charge in [-0.1, -0.05) is 121 Å². The molecule has 0 atom stereocenters. The number of fused-ring (bicyclic) bond motifs is 12. The van der Waals surface area contributed by atoms with Crippen LogP contribution in [0.4, 0.5) is 0 Å².